The number of hydrogen-bond acceptors (Lipinski definition) is 3. The zero-order chi connectivity index (χ0) is 16.8. The maximum Gasteiger partial charge on any atom is 0.238 e. The monoisotopic (exact) mass is 335 g/mol. The van der Waals surface area contributed by atoms with Crippen LogP contribution >= 0.6 is 0 Å². The zero-order valence-electron chi connectivity index (χ0n) is 14.1. The average molecular weight is 335 g/mol. The molecule has 0 bridgehead atoms. The van der Waals surface area contributed by atoms with Gasteiger partial charge < -0.3 is 4.90 Å². The van der Waals surface area contributed by atoms with E-state index >= 15 is 0 Å². The molecule has 1 amide bonds. The molecule has 126 valence electrons. The van der Waals surface area contributed by atoms with E-state index in [1.807, 2.05) is 17.0 Å². The highest BCUT2D eigenvalue weighted by Gasteiger charge is 2.42. The van der Waals surface area contributed by atoms with Gasteiger partial charge in [0.2, 0.25) is 5.91 Å². The van der Waals surface area contributed by atoms with Crippen LogP contribution < -0.4 is 0 Å². The molecule has 23 heavy (non-hydrogen) atoms. The van der Waals surface area contributed by atoms with E-state index in [2.05, 4.69) is 12.1 Å². The van der Waals surface area contributed by atoms with Crippen molar-refractivity contribution in [2.45, 2.75) is 63.3 Å². The number of hydrogen-bond donors (Lipinski definition) is 0. The first kappa shape index (κ1) is 16.5. The fourth-order valence-electron chi connectivity index (χ4n) is 3.26. The molecular weight excluding hydrogens is 310 g/mol. The summed E-state index contributed by atoms with van der Waals surface area (Å²) in [4.78, 5) is 14.7. The molecule has 0 spiro atoms. The molecule has 3 rings (SSSR count). The van der Waals surface area contributed by atoms with E-state index in [-0.39, 0.29) is 23.7 Å². The van der Waals surface area contributed by atoms with Crippen LogP contribution in [-0.4, -0.2) is 35.8 Å². The molecule has 5 heteroatoms. The first-order chi connectivity index (χ1) is 10.7. The van der Waals surface area contributed by atoms with Gasteiger partial charge in [0.05, 0.1) is 10.8 Å². The Balaban J connectivity index is 1.85. The van der Waals surface area contributed by atoms with Gasteiger partial charge in [0.1, 0.15) is 5.75 Å². The van der Waals surface area contributed by atoms with Crippen molar-refractivity contribution in [3.8, 4) is 0 Å². The first-order valence-electron chi connectivity index (χ1n) is 8.32. The van der Waals surface area contributed by atoms with Gasteiger partial charge in [0, 0.05) is 6.04 Å². The van der Waals surface area contributed by atoms with Gasteiger partial charge in [-0.05, 0) is 57.6 Å². The summed E-state index contributed by atoms with van der Waals surface area (Å²) in [5, 5.41) is 0. The molecule has 1 saturated carbocycles. The van der Waals surface area contributed by atoms with Gasteiger partial charge >= 0.3 is 0 Å². The minimum atomic E-state index is -3.45. The number of carbonyl (C=O) groups is 1. The number of nitrogens with zero attached hydrogens (tertiary/aromatic N) is 1. The predicted molar refractivity (Wildman–Crippen MR) is 90.9 cm³/mol. The number of carbonyl (C=O) groups excluding carboxylic acids is 1. The SMILES string of the molecule is CC(C)(C)S(=O)(=O)CC(=O)N(C1CC1)C1CCc2ccccc21. The molecule has 1 atom stereocenters. The molecule has 2 aliphatic rings. The first-order valence-corrected chi connectivity index (χ1v) is 9.97. The van der Waals surface area contributed by atoms with Crippen LogP contribution in [0.4, 0.5) is 0 Å². The summed E-state index contributed by atoms with van der Waals surface area (Å²) in [6.07, 6.45) is 3.83. The standard InChI is InChI=1S/C18H25NO3S/c1-18(2,3)23(21,22)12-17(20)19(14-9-10-14)16-11-8-13-6-4-5-7-15(13)16/h4-7,14,16H,8-12H2,1-3H3. The number of aryl methyl sites for hydroxylation is 1. The van der Waals surface area contributed by atoms with Crippen molar-refractivity contribution in [2.75, 3.05) is 5.75 Å². The maximum atomic E-state index is 12.8. The number of benzene rings is 1. The van der Waals surface area contributed by atoms with Crippen molar-refractivity contribution in [1.29, 1.82) is 0 Å². The molecule has 0 aromatic heterocycles. The highest BCUT2D eigenvalue weighted by molar-refractivity contribution is 7.93. The van der Waals surface area contributed by atoms with E-state index in [4.69, 9.17) is 0 Å². The van der Waals surface area contributed by atoms with Crippen LogP contribution in [0.1, 0.15) is 57.2 Å². The molecule has 1 aromatic carbocycles. The summed E-state index contributed by atoms with van der Waals surface area (Å²) in [6.45, 7) is 4.96. The molecular formula is C18H25NO3S. The lowest BCUT2D eigenvalue weighted by Gasteiger charge is -2.31. The Morgan fingerprint density at radius 3 is 2.43 bits per heavy atom. The second kappa shape index (κ2) is 5.62. The minimum Gasteiger partial charge on any atom is -0.332 e. The molecule has 0 saturated heterocycles. The van der Waals surface area contributed by atoms with Gasteiger partial charge in [-0.2, -0.15) is 0 Å². The summed E-state index contributed by atoms with van der Waals surface area (Å²) < 4.78 is 23.9. The van der Waals surface area contributed by atoms with Crippen LogP contribution in [0.25, 0.3) is 0 Å². The molecule has 1 fully saturated rings. The highest BCUT2D eigenvalue weighted by atomic mass is 32.2. The Labute approximate surface area is 138 Å². The van der Waals surface area contributed by atoms with E-state index < -0.39 is 14.6 Å². The maximum absolute atomic E-state index is 12.8. The summed E-state index contributed by atoms with van der Waals surface area (Å²) in [7, 11) is -3.45. The van der Waals surface area contributed by atoms with Crippen molar-refractivity contribution in [3.63, 3.8) is 0 Å². The van der Waals surface area contributed by atoms with Crippen molar-refractivity contribution < 1.29 is 13.2 Å². The Morgan fingerprint density at radius 2 is 1.83 bits per heavy atom. The van der Waals surface area contributed by atoms with Crippen LogP contribution in [0, 0.1) is 0 Å². The van der Waals surface area contributed by atoms with E-state index in [1.54, 1.807) is 20.8 Å². The van der Waals surface area contributed by atoms with Crippen molar-refractivity contribution >= 4 is 15.7 Å². The van der Waals surface area contributed by atoms with E-state index in [0.29, 0.717) is 0 Å². The largest absolute Gasteiger partial charge is 0.332 e. The summed E-state index contributed by atoms with van der Waals surface area (Å²) >= 11 is 0. The Bertz CT molecular complexity index is 714. The van der Waals surface area contributed by atoms with E-state index in [9.17, 15) is 13.2 Å². The fraction of sp³-hybridized carbons (Fsp3) is 0.611. The van der Waals surface area contributed by atoms with Crippen molar-refractivity contribution in [2.24, 2.45) is 0 Å². The third-order valence-corrected chi connectivity index (χ3v) is 7.40. The fourth-order valence-corrected chi connectivity index (χ4v) is 4.17. The molecule has 1 aromatic rings. The number of amides is 1. The lowest BCUT2D eigenvalue weighted by Crippen LogP contribution is -2.43. The van der Waals surface area contributed by atoms with Gasteiger partial charge in [-0.15, -0.1) is 0 Å². The van der Waals surface area contributed by atoms with Crippen LogP contribution in [0.15, 0.2) is 24.3 Å². The van der Waals surface area contributed by atoms with Gasteiger partial charge in [-0.25, -0.2) is 8.42 Å². The van der Waals surface area contributed by atoms with E-state index in [1.165, 1.54) is 11.1 Å². The number of fused-ring (bicyclic) bond motifs is 1. The van der Waals surface area contributed by atoms with Gasteiger partial charge in [0.25, 0.3) is 0 Å². The van der Waals surface area contributed by atoms with Gasteiger partial charge in [-0.1, -0.05) is 24.3 Å². The van der Waals surface area contributed by atoms with Crippen molar-refractivity contribution in [3.05, 3.63) is 35.4 Å². The Kier molecular flexibility index (Phi) is 4.03. The normalized spacial score (nSPS) is 21.1. The molecule has 1 unspecified atom stereocenters. The number of rotatable bonds is 4. The summed E-state index contributed by atoms with van der Waals surface area (Å²) in [5.74, 6) is -0.616. The van der Waals surface area contributed by atoms with Crippen molar-refractivity contribution in [1.82, 2.24) is 4.90 Å². The quantitative estimate of drug-likeness (QED) is 0.850. The van der Waals surface area contributed by atoms with Crippen LogP contribution in [0.2, 0.25) is 0 Å². The smallest absolute Gasteiger partial charge is 0.238 e. The van der Waals surface area contributed by atoms with Gasteiger partial charge in [0.15, 0.2) is 9.84 Å². The van der Waals surface area contributed by atoms with E-state index in [0.717, 1.165) is 25.7 Å². The Hall–Kier alpha value is -1.36. The molecule has 0 heterocycles. The molecule has 0 aliphatic heterocycles. The molecule has 2 aliphatic carbocycles. The highest BCUT2D eigenvalue weighted by Crippen LogP contribution is 2.42. The van der Waals surface area contributed by atoms with Crippen LogP contribution in [0.3, 0.4) is 0 Å². The molecule has 0 radical (unpaired) electrons. The topological polar surface area (TPSA) is 54.5 Å². The summed E-state index contributed by atoms with van der Waals surface area (Å²) in [6, 6.07) is 8.47. The van der Waals surface area contributed by atoms with Gasteiger partial charge in [-0.3, -0.25) is 4.79 Å². The van der Waals surface area contributed by atoms with Crippen LogP contribution in [0.5, 0.6) is 0 Å². The molecule has 0 N–H and O–H groups in total. The van der Waals surface area contributed by atoms with Crippen LogP contribution in [-0.2, 0) is 21.1 Å². The third kappa shape index (κ3) is 3.16. The zero-order valence-corrected chi connectivity index (χ0v) is 14.9. The third-order valence-electron chi connectivity index (χ3n) is 4.91. The average Bonchev–Trinajstić information content (AvgIpc) is 3.18. The lowest BCUT2D eigenvalue weighted by atomic mass is 10.1. The second-order valence-corrected chi connectivity index (χ2v) is 10.4. The second-order valence-electron chi connectivity index (χ2n) is 7.66. The molecule has 4 nitrogen and oxygen atoms in total. The Morgan fingerprint density at radius 1 is 1.17 bits per heavy atom. The number of sulfone groups is 1. The minimum absolute atomic E-state index is 0.0429. The summed E-state index contributed by atoms with van der Waals surface area (Å²) in [5.41, 5.74) is 2.48. The lowest BCUT2D eigenvalue weighted by molar-refractivity contribution is -0.131. The predicted octanol–water partition coefficient (Wildman–Crippen LogP) is 2.88.